The minimum atomic E-state index is -2.91. The van der Waals surface area contributed by atoms with Crippen molar-refractivity contribution in [1.29, 1.82) is 0 Å². The summed E-state index contributed by atoms with van der Waals surface area (Å²) in [5.41, 5.74) is 1.34. The zero-order valence-corrected chi connectivity index (χ0v) is 15.6. The van der Waals surface area contributed by atoms with Crippen LogP contribution in [-0.2, 0) is 0 Å². The van der Waals surface area contributed by atoms with E-state index in [2.05, 4.69) is 24.6 Å². The Hall–Kier alpha value is -2.35. The molecule has 2 aliphatic rings. The van der Waals surface area contributed by atoms with Crippen LogP contribution in [0.1, 0.15) is 38.5 Å². The van der Waals surface area contributed by atoms with Gasteiger partial charge in [-0.15, -0.1) is 0 Å². The molecular formula is C20H24F2N4O2. The molecule has 1 saturated carbocycles. The maximum atomic E-state index is 12.3. The van der Waals surface area contributed by atoms with Crippen LogP contribution >= 0.6 is 0 Å². The van der Waals surface area contributed by atoms with Crippen LogP contribution in [0.25, 0.3) is 11.1 Å². The maximum absolute atomic E-state index is 12.3. The third-order valence-electron chi connectivity index (χ3n) is 5.50. The van der Waals surface area contributed by atoms with E-state index in [9.17, 15) is 8.78 Å². The lowest BCUT2D eigenvalue weighted by Gasteiger charge is -2.35. The summed E-state index contributed by atoms with van der Waals surface area (Å²) in [4.78, 5) is 14.9. The van der Waals surface area contributed by atoms with Gasteiger partial charge in [0, 0.05) is 49.4 Å². The predicted octanol–water partition coefficient (Wildman–Crippen LogP) is 3.93. The molecule has 0 bridgehead atoms. The third-order valence-corrected chi connectivity index (χ3v) is 5.50. The molecule has 28 heavy (non-hydrogen) atoms. The zero-order chi connectivity index (χ0) is 19.3. The van der Waals surface area contributed by atoms with E-state index < -0.39 is 6.61 Å². The van der Waals surface area contributed by atoms with Crippen LogP contribution in [0.4, 0.5) is 8.78 Å². The Labute approximate surface area is 162 Å². The van der Waals surface area contributed by atoms with E-state index >= 15 is 0 Å². The van der Waals surface area contributed by atoms with Crippen LogP contribution < -0.4 is 9.47 Å². The average molecular weight is 390 g/mol. The lowest BCUT2D eigenvalue weighted by Crippen LogP contribution is -2.43. The molecule has 0 unspecified atom stereocenters. The SMILES string of the molecule is FC(F)Oc1cc(-c2cnc(OC3CCN(C4CCCC4)CC3)nc2)ccn1. The number of rotatable bonds is 6. The highest BCUT2D eigenvalue weighted by atomic mass is 19.3. The molecule has 6 nitrogen and oxygen atoms in total. The van der Waals surface area contributed by atoms with Gasteiger partial charge in [-0.05, 0) is 37.3 Å². The Kier molecular flexibility index (Phi) is 5.95. The van der Waals surface area contributed by atoms with E-state index in [0.717, 1.165) is 32.0 Å². The fourth-order valence-electron chi connectivity index (χ4n) is 4.05. The first kappa shape index (κ1) is 19.0. The Balaban J connectivity index is 1.32. The maximum Gasteiger partial charge on any atom is 0.388 e. The van der Waals surface area contributed by atoms with Gasteiger partial charge in [-0.3, -0.25) is 0 Å². The first-order chi connectivity index (χ1) is 13.7. The predicted molar refractivity (Wildman–Crippen MR) is 99.4 cm³/mol. The van der Waals surface area contributed by atoms with Crippen molar-refractivity contribution in [2.75, 3.05) is 13.1 Å². The van der Waals surface area contributed by atoms with Crippen LogP contribution in [0, 0.1) is 0 Å². The number of pyridine rings is 1. The zero-order valence-electron chi connectivity index (χ0n) is 15.6. The van der Waals surface area contributed by atoms with E-state index in [1.165, 1.54) is 37.9 Å². The number of nitrogens with zero attached hydrogens (tertiary/aromatic N) is 4. The quantitative estimate of drug-likeness (QED) is 0.745. The smallest absolute Gasteiger partial charge is 0.388 e. The van der Waals surface area contributed by atoms with Gasteiger partial charge in [-0.25, -0.2) is 15.0 Å². The van der Waals surface area contributed by atoms with Crippen molar-refractivity contribution in [3.63, 3.8) is 0 Å². The van der Waals surface area contributed by atoms with Gasteiger partial charge in [0.05, 0.1) is 0 Å². The van der Waals surface area contributed by atoms with Crippen molar-refractivity contribution in [3.05, 3.63) is 30.7 Å². The molecule has 1 aliphatic heterocycles. The summed E-state index contributed by atoms with van der Waals surface area (Å²) < 4.78 is 35.0. The van der Waals surface area contributed by atoms with Crippen molar-refractivity contribution in [2.45, 2.75) is 57.3 Å². The first-order valence-electron chi connectivity index (χ1n) is 9.81. The minimum absolute atomic E-state index is 0.135. The number of piperidine rings is 1. The van der Waals surface area contributed by atoms with Gasteiger partial charge < -0.3 is 14.4 Å². The molecule has 8 heteroatoms. The number of likely N-dealkylation sites (tertiary alicyclic amines) is 1. The second-order valence-electron chi connectivity index (χ2n) is 7.31. The molecule has 0 aromatic carbocycles. The van der Waals surface area contributed by atoms with Gasteiger partial charge >= 0.3 is 12.6 Å². The van der Waals surface area contributed by atoms with Crippen LogP contribution in [0.2, 0.25) is 0 Å². The molecule has 1 saturated heterocycles. The number of halogens is 2. The molecule has 0 spiro atoms. The van der Waals surface area contributed by atoms with E-state index in [1.807, 2.05) is 0 Å². The summed E-state index contributed by atoms with van der Waals surface area (Å²) in [6, 6.07) is 4.23. The van der Waals surface area contributed by atoms with Crippen molar-refractivity contribution < 1.29 is 18.3 Å². The standard InChI is InChI=1S/C20H24F2N4O2/c21-19(22)28-18-11-14(5-8-23-18)15-12-24-20(25-13-15)27-17-6-9-26(10-7-17)16-3-1-2-4-16/h5,8,11-13,16-17,19H,1-4,6-7,9-10H2. The van der Waals surface area contributed by atoms with Crippen LogP contribution in [-0.4, -0.2) is 51.7 Å². The van der Waals surface area contributed by atoms with Crippen molar-refractivity contribution >= 4 is 0 Å². The third kappa shape index (κ3) is 4.73. The summed E-state index contributed by atoms with van der Waals surface area (Å²) in [7, 11) is 0. The van der Waals surface area contributed by atoms with E-state index in [4.69, 9.17) is 4.74 Å². The number of hydrogen-bond acceptors (Lipinski definition) is 6. The highest BCUT2D eigenvalue weighted by molar-refractivity contribution is 5.62. The molecule has 1 aliphatic carbocycles. The van der Waals surface area contributed by atoms with Gasteiger partial charge in [0.25, 0.3) is 0 Å². The van der Waals surface area contributed by atoms with Crippen LogP contribution in [0.5, 0.6) is 11.9 Å². The lowest BCUT2D eigenvalue weighted by atomic mass is 10.0. The Morgan fingerprint density at radius 1 is 0.964 bits per heavy atom. The second kappa shape index (κ2) is 8.77. The molecule has 3 heterocycles. The summed E-state index contributed by atoms with van der Waals surface area (Å²) in [6.45, 7) is -0.774. The molecule has 4 rings (SSSR count). The van der Waals surface area contributed by atoms with Gasteiger partial charge in [-0.2, -0.15) is 8.78 Å². The fourth-order valence-corrected chi connectivity index (χ4v) is 4.05. The van der Waals surface area contributed by atoms with E-state index in [-0.39, 0.29) is 12.0 Å². The summed E-state index contributed by atoms with van der Waals surface area (Å²) in [6.07, 6.45) is 12.1. The Morgan fingerprint density at radius 2 is 1.68 bits per heavy atom. The number of aromatic nitrogens is 3. The number of hydrogen-bond donors (Lipinski definition) is 0. The van der Waals surface area contributed by atoms with Crippen LogP contribution in [0.3, 0.4) is 0 Å². The van der Waals surface area contributed by atoms with E-state index in [1.54, 1.807) is 18.5 Å². The first-order valence-corrected chi connectivity index (χ1v) is 9.81. The summed E-state index contributed by atoms with van der Waals surface area (Å²) in [5, 5.41) is 0. The van der Waals surface area contributed by atoms with Gasteiger partial charge in [0.15, 0.2) is 0 Å². The van der Waals surface area contributed by atoms with Gasteiger partial charge in [0.1, 0.15) is 6.10 Å². The molecule has 0 amide bonds. The number of ether oxygens (including phenoxy) is 2. The monoisotopic (exact) mass is 390 g/mol. The lowest BCUT2D eigenvalue weighted by molar-refractivity contribution is -0.0528. The highest BCUT2D eigenvalue weighted by Crippen LogP contribution is 2.27. The number of alkyl halides is 2. The molecule has 0 atom stereocenters. The molecule has 0 radical (unpaired) electrons. The molecule has 0 N–H and O–H groups in total. The topological polar surface area (TPSA) is 60.4 Å². The van der Waals surface area contributed by atoms with Crippen LogP contribution in [0.15, 0.2) is 30.7 Å². The molecular weight excluding hydrogens is 366 g/mol. The Bertz CT molecular complexity index is 761. The molecule has 2 aromatic heterocycles. The molecule has 2 fully saturated rings. The molecule has 2 aromatic rings. The molecule has 150 valence electrons. The summed E-state index contributed by atoms with van der Waals surface area (Å²) in [5.74, 6) is -0.137. The summed E-state index contributed by atoms with van der Waals surface area (Å²) >= 11 is 0. The normalized spacial score (nSPS) is 19.2. The van der Waals surface area contributed by atoms with Gasteiger partial charge in [0.2, 0.25) is 5.88 Å². The average Bonchev–Trinajstić information content (AvgIpc) is 3.24. The minimum Gasteiger partial charge on any atom is -0.460 e. The van der Waals surface area contributed by atoms with Crippen molar-refractivity contribution in [1.82, 2.24) is 19.9 Å². The largest absolute Gasteiger partial charge is 0.460 e. The second-order valence-corrected chi connectivity index (χ2v) is 7.31. The fraction of sp³-hybridized carbons (Fsp3) is 0.550. The van der Waals surface area contributed by atoms with Crippen molar-refractivity contribution in [3.8, 4) is 23.0 Å². The van der Waals surface area contributed by atoms with Crippen molar-refractivity contribution in [2.24, 2.45) is 0 Å². The van der Waals surface area contributed by atoms with Gasteiger partial charge in [-0.1, -0.05) is 12.8 Å². The highest BCUT2D eigenvalue weighted by Gasteiger charge is 2.28. The van der Waals surface area contributed by atoms with E-state index in [0.29, 0.717) is 17.1 Å². The Morgan fingerprint density at radius 3 is 2.36 bits per heavy atom.